The molecule has 84 valence electrons. The van der Waals surface area contributed by atoms with Crippen LogP contribution in [0, 0.1) is 0 Å². The van der Waals surface area contributed by atoms with E-state index < -0.39 is 0 Å². The molecule has 2 aromatic carbocycles. The molecule has 0 heterocycles. The number of rotatable bonds is 3. The number of hydrogen-bond donors (Lipinski definition) is 1. The van der Waals surface area contributed by atoms with Crippen molar-refractivity contribution in [2.45, 2.75) is 0 Å². The summed E-state index contributed by atoms with van der Waals surface area (Å²) < 4.78 is 0. The summed E-state index contributed by atoms with van der Waals surface area (Å²) in [4.78, 5) is 4.33. The van der Waals surface area contributed by atoms with Gasteiger partial charge in [0.15, 0.2) is 0 Å². The molecule has 0 amide bonds. The number of nitrogens with two attached hydrogens (primary N) is 1. The van der Waals surface area contributed by atoms with E-state index in [0.717, 1.165) is 22.5 Å². The standard InChI is InChI=1S/C15H14N2/c1-12(14-7-9-15(16)10-8-14)17-11-13-5-3-2-4-6-13/h2-11H,1,16H2. The van der Waals surface area contributed by atoms with E-state index in [2.05, 4.69) is 11.6 Å². The van der Waals surface area contributed by atoms with Crippen molar-refractivity contribution in [2.75, 3.05) is 5.73 Å². The van der Waals surface area contributed by atoms with Crippen LogP contribution in [0.15, 0.2) is 66.2 Å². The number of benzene rings is 2. The summed E-state index contributed by atoms with van der Waals surface area (Å²) in [5.41, 5.74) is 9.14. The van der Waals surface area contributed by atoms with Gasteiger partial charge in [-0.3, -0.25) is 4.99 Å². The van der Waals surface area contributed by atoms with Gasteiger partial charge in [-0.1, -0.05) is 49.0 Å². The van der Waals surface area contributed by atoms with Gasteiger partial charge in [-0.05, 0) is 23.3 Å². The lowest BCUT2D eigenvalue weighted by Gasteiger charge is -2.00. The third-order valence-electron chi connectivity index (χ3n) is 2.41. The van der Waals surface area contributed by atoms with E-state index in [1.54, 1.807) is 6.21 Å². The zero-order valence-electron chi connectivity index (χ0n) is 9.51. The second-order valence-electron chi connectivity index (χ2n) is 3.74. The van der Waals surface area contributed by atoms with Crippen LogP contribution in [0.25, 0.3) is 5.70 Å². The average molecular weight is 222 g/mol. The van der Waals surface area contributed by atoms with Crippen LogP contribution in [-0.2, 0) is 0 Å². The monoisotopic (exact) mass is 222 g/mol. The molecule has 17 heavy (non-hydrogen) atoms. The smallest absolute Gasteiger partial charge is 0.0630 e. The first-order valence-corrected chi connectivity index (χ1v) is 5.39. The minimum Gasteiger partial charge on any atom is -0.399 e. The second-order valence-corrected chi connectivity index (χ2v) is 3.74. The van der Waals surface area contributed by atoms with Crippen molar-refractivity contribution < 1.29 is 0 Å². The molecule has 0 saturated carbocycles. The van der Waals surface area contributed by atoms with Crippen molar-refractivity contribution in [1.82, 2.24) is 0 Å². The van der Waals surface area contributed by atoms with Gasteiger partial charge in [0, 0.05) is 11.9 Å². The Kier molecular flexibility index (Phi) is 3.36. The van der Waals surface area contributed by atoms with Crippen molar-refractivity contribution >= 4 is 17.6 Å². The Balaban J connectivity index is 2.12. The average Bonchev–Trinajstić information content (AvgIpc) is 2.38. The lowest BCUT2D eigenvalue weighted by atomic mass is 10.1. The Bertz CT molecular complexity index is 525. The van der Waals surface area contributed by atoms with E-state index in [1.165, 1.54) is 0 Å². The fourth-order valence-corrected chi connectivity index (χ4v) is 1.44. The number of hydrogen-bond acceptors (Lipinski definition) is 2. The van der Waals surface area contributed by atoms with E-state index in [1.807, 2.05) is 54.6 Å². The third kappa shape index (κ3) is 3.05. The highest BCUT2D eigenvalue weighted by molar-refractivity contribution is 5.84. The van der Waals surface area contributed by atoms with Gasteiger partial charge >= 0.3 is 0 Å². The molecule has 2 rings (SSSR count). The van der Waals surface area contributed by atoms with Crippen molar-refractivity contribution in [2.24, 2.45) is 4.99 Å². The molecular weight excluding hydrogens is 208 g/mol. The van der Waals surface area contributed by atoms with Crippen LogP contribution in [0.2, 0.25) is 0 Å². The summed E-state index contributed by atoms with van der Waals surface area (Å²) in [7, 11) is 0. The molecule has 2 heteroatoms. The van der Waals surface area contributed by atoms with Crippen LogP contribution in [-0.4, -0.2) is 6.21 Å². The van der Waals surface area contributed by atoms with Crippen molar-refractivity contribution in [3.05, 3.63) is 72.3 Å². The number of nitrogen functional groups attached to an aromatic ring is 1. The van der Waals surface area contributed by atoms with Crippen LogP contribution in [0.4, 0.5) is 5.69 Å². The Hall–Kier alpha value is -2.35. The second kappa shape index (κ2) is 5.12. The minimum absolute atomic E-state index is 0.730. The van der Waals surface area contributed by atoms with E-state index in [0.29, 0.717) is 0 Å². The van der Waals surface area contributed by atoms with E-state index in [-0.39, 0.29) is 0 Å². The molecule has 0 aromatic heterocycles. The summed E-state index contributed by atoms with van der Waals surface area (Å²) in [6.07, 6.45) is 1.80. The molecule has 0 unspecified atom stereocenters. The van der Waals surface area contributed by atoms with Gasteiger partial charge in [0.05, 0.1) is 5.70 Å². The highest BCUT2D eigenvalue weighted by Crippen LogP contribution is 2.15. The Labute approximate surface area is 101 Å². The molecule has 0 aliphatic carbocycles. The van der Waals surface area contributed by atoms with Crippen LogP contribution in [0.5, 0.6) is 0 Å². The molecular formula is C15H14N2. The maximum atomic E-state index is 5.62. The van der Waals surface area contributed by atoms with Gasteiger partial charge in [0.1, 0.15) is 0 Å². The summed E-state index contributed by atoms with van der Waals surface area (Å²) in [6.45, 7) is 3.93. The van der Waals surface area contributed by atoms with Gasteiger partial charge in [0.2, 0.25) is 0 Å². The molecule has 0 atom stereocenters. The predicted molar refractivity (Wildman–Crippen MR) is 73.9 cm³/mol. The zero-order chi connectivity index (χ0) is 12.1. The van der Waals surface area contributed by atoms with Crippen LogP contribution in [0.1, 0.15) is 11.1 Å². The number of aliphatic imine (C=N–C) groups is 1. The van der Waals surface area contributed by atoms with Gasteiger partial charge in [0.25, 0.3) is 0 Å². The molecule has 0 saturated heterocycles. The molecule has 0 fully saturated rings. The van der Waals surface area contributed by atoms with E-state index in [9.17, 15) is 0 Å². The minimum atomic E-state index is 0.730. The first-order chi connectivity index (χ1) is 8.25. The van der Waals surface area contributed by atoms with Gasteiger partial charge < -0.3 is 5.73 Å². The molecule has 0 aliphatic heterocycles. The lowest BCUT2D eigenvalue weighted by molar-refractivity contribution is 1.52. The van der Waals surface area contributed by atoms with Gasteiger partial charge in [-0.15, -0.1) is 0 Å². The fourth-order valence-electron chi connectivity index (χ4n) is 1.44. The molecule has 2 nitrogen and oxygen atoms in total. The van der Waals surface area contributed by atoms with E-state index >= 15 is 0 Å². The highest BCUT2D eigenvalue weighted by Gasteiger charge is 1.95. The maximum absolute atomic E-state index is 5.62. The van der Waals surface area contributed by atoms with Gasteiger partial charge in [-0.25, -0.2) is 0 Å². The molecule has 0 bridgehead atoms. The van der Waals surface area contributed by atoms with Gasteiger partial charge in [-0.2, -0.15) is 0 Å². The van der Waals surface area contributed by atoms with Crippen molar-refractivity contribution in [3.8, 4) is 0 Å². The number of anilines is 1. The summed E-state index contributed by atoms with van der Waals surface area (Å²) in [5.74, 6) is 0. The quantitative estimate of drug-likeness (QED) is 0.627. The van der Waals surface area contributed by atoms with Crippen molar-refractivity contribution in [1.29, 1.82) is 0 Å². The summed E-state index contributed by atoms with van der Waals surface area (Å²) in [6, 6.07) is 17.5. The fraction of sp³-hybridized carbons (Fsp3) is 0. The first kappa shape index (κ1) is 11.1. The zero-order valence-corrected chi connectivity index (χ0v) is 9.51. The lowest BCUT2D eigenvalue weighted by Crippen LogP contribution is -1.86. The first-order valence-electron chi connectivity index (χ1n) is 5.39. The Morgan fingerprint density at radius 2 is 1.65 bits per heavy atom. The van der Waals surface area contributed by atoms with Crippen LogP contribution >= 0.6 is 0 Å². The van der Waals surface area contributed by atoms with Crippen molar-refractivity contribution in [3.63, 3.8) is 0 Å². The molecule has 0 radical (unpaired) electrons. The summed E-state index contributed by atoms with van der Waals surface area (Å²) in [5, 5.41) is 0. The maximum Gasteiger partial charge on any atom is 0.0630 e. The van der Waals surface area contributed by atoms with Crippen LogP contribution < -0.4 is 5.73 Å². The largest absolute Gasteiger partial charge is 0.399 e. The van der Waals surface area contributed by atoms with Crippen LogP contribution in [0.3, 0.4) is 0 Å². The highest BCUT2D eigenvalue weighted by atomic mass is 14.7. The summed E-state index contributed by atoms with van der Waals surface area (Å²) >= 11 is 0. The molecule has 0 aliphatic rings. The number of nitrogens with zero attached hydrogens (tertiary/aromatic N) is 1. The molecule has 0 spiro atoms. The Morgan fingerprint density at radius 1 is 1.00 bits per heavy atom. The predicted octanol–water partition coefficient (Wildman–Crippen LogP) is 3.36. The molecule has 2 aromatic rings. The SMILES string of the molecule is C=C(N=Cc1ccccc1)c1ccc(N)cc1. The van der Waals surface area contributed by atoms with E-state index in [4.69, 9.17) is 5.73 Å². The molecule has 2 N–H and O–H groups in total. The normalized spacial score (nSPS) is 10.6. The third-order valence-corrected chi connectivity index (χ3v) is 2.41. The topological polar surface area (TPSA) is 38.4 Å². The Morgan fingerprint density at radius 3 is 2.29 bits per heavy atom.